The third-order valence-corrected chi connectivity index (χ3v) is 4.81. The van der Waals surface area contributed by atoms with E-state index in [0.29, 0.717) is 11.3 Å². The zero-order chi connectivity index (χ0) is 17.9. The van der Waals surface area contributed by atoms with Gasteiger partial charge in [0.1, 0.15) is 5.75 Å². The Labute approximate surface area is 151 Å². The molecule has 1 aliphatic heterocycles. The minimum absolute atomic E-state index is 0.0112. The first kappa shape index (κ1) is 16.3. The van der Waals surface area contributed by atoms with Crippen LogP contribution in [0.3, 0.4) is 0 Å². The Morgan fingerprint density at radius 1 is 1.27 bits per heavy atom. The van der Waals surface area contributed by atoms with E-state index in [1.807, 2.05) is 47.5 Å². The second-order valence-electron chi connectivity index (χ2n) is 6.33. The predicted molar refractivity (Wildman–Crippen MR) is 97.8 cm³/mol. The van der Waals surface area contributed by atoms with Gasteiger partial charge >= 0.3 is 0 Å². The summed E-state index contributed by atoms with van der Waals surface area (Å²) in [6, 6.07) is 11.6. The molecule has 1 aromatic carbocycles. The molecule has 1 saturated heterocycles. The lowest BCUT2D eigenvalue weighted by atomic mass is 10.0. The Morgan fingerprint density at radius 2 is 2.19 bits per heavy atom. The van der Waals surface area contributed by atoms with Crippen molar-refractivity contribution in [1.82, 2.24) is 20.1 Å². The third-order valence-electron chi connectivity index (χ3n) is 4.81. The number of aromatic amines is 1. The highest BCUT2D eigenvalue weighted by molar-refractivity contribution is 6.00. The van der Waals surface area contributed by atoms with Gasteiger partial charge < -0.3 is 9.64 Å². The molecule has 2 aromatic heterocycles. The number of ether oxygens (including phenoxy) is 1. The van der Waals surface area contributed by atoms with Gasteiger partial charge in [-0.3, -0.25) is 14.9 Å². The summed E-state index contributed by atoms with van der Waals surface area (Å²) in [5, 5.41) is 7.09. The molecule has 0 aliphatic carbocycles. The summed E-state index contributed by atoms with van der Waals surface area (Å²) in [6.07, 6.45) is 7.13. The van der Waals surface area contributed by atoms with Gasteiger partial charge in [-0.1, -0.05) is 18.2 Å². The van der Waals surface area contributed by atoms with E-state index in [2.05, 4.69) is 15.2 Å². The molecule has 0 bridgehead atoms. The van der Waals surface area contributed by atoms with Crippen LogP contribution in [0, 0.1) is 0 Å². The molecule has 0 radical (unpaired) electrons. The first-order valence-electron chi connectivity index (χ1n) is 8.66. The number of aromatic nitrogens is 3. The number of rotatable bonds is 4. The molecule has 6 nitrogen and oxygen atoms in total. The maximum atomic E-state index is 13.3. The summed E-state index contributed by atoms with van der Waals surface area (Å²) in [5.74, 6) is 0.729. The number of methoxy groups -OCH3 is 1. The summed E-state index contributed by atoms with van der Waals surface area (Å²) >= 11 is 0. The average molecular weight is 348 g/mol. The first-order valence-corrected chi connectivity index (χ1v) is 8.66. The maximum Gasteiger partial charge on any atom is 0.258 e. The fourth-order valence-corrected chi connectivity index (χ4v) is 3.53. The highest BCUT2D eigenvalue weighted by Crippen LogP contribution is 2.34. The van der Waals surface area contributed by atoms with E-state index in [4.69, 9.17) is 4.74 Å². The molecule has 0 saturated carbocycles. The second-order valence-corrected chi connectivity index (χ2v) is 6.33. The van der Waals surface area contributed by atoms with Crippen LogP contribution in [0.1, 0.15) is 34.8 Å². The van der Waals surface area contributed by atoms with Crippen molar-refractivity contribution in [2.24, 2.45) is 0 Å². The van der Waals surface area contributed by atoms with Crippen molar-refractivity contribution in [3.8, 4) is 17.0 Å². The van der Waals surface area contributed by atoms with Crippen molar-refractivity contribution in [2.45, 2.75) is 18.9 Å². The number of pyridine rings is 1. The largest absolute Gasteiger partial charge is 0.497 e. The van der Waals surface area contributed by atoms with Crippen LogP contribution in [0.2, 0.25) is 0 Å². The highest BCUT2D eigenvalue weighted by Gasteiger charge is 2.32. The normalized spacial score (nSPS) is 16.7. The van der Waals surface area contributed by atoms with Crippen molar-refractivity contribution < 1.29 is 9.53 Å². The van der Waals surface area contributed by atoms with Crippen LogP contribution in [0.4, 0.5) is 0 Å². The maximum absolute atomic E-state index is 13.3. The molecule has 1 fully saturated rings. The van der Waals surface area contributed by atoms with Gasteiger partial charge in [0.25, 0.3) is 5.91 Å². The van der Waals surface area contributed by atoms with Crippen LogP contribution < -0.4 is 4.74 Å². The topological polar surface area (TPSA) is 71.1 Å². The van der Waals surface area contributed by atoms with Crippen LogP contribution in [0.25, 0.3) is 11.3 Å². The van der Waals surface area contributed by atoms with Crippen molar-refractivity contribution in [2.75, 3.05) is 13.7 Å². The van der Waals surface area contributed by atoms with Crippen molar-refractivity contribution in [1.29, 1.82) is 0 Å². The molecular weight excluding hydrogens is 328 g/mol. The van der Waals surface area contributed by atoms with Crippen LogP contribution in [0.15, 0.2) is 55.0 Å². The van der Waals surface area contributed by atoms with E-state index in [0.717, 1.165) is 36.3 Å². The van der Waals surface area contributed by atoms with E-state index in [1.54, 1.807) is 19.5 Å². The molecule has 1 atom stereocenters. The summed E-state index contributed by atoms with van der Waals surface area (Å²) in [5.41, 5.74) is 3.24. The monoisotopic (exact) mass is 348 g/mol. The third kappa shape index (κ3) is 2.94. The van der Waals surface area contributed by atoms with E-state index < -0.39 is 0 Å². The Balaban J connectivity index is 1.66. The Kier molecular flexibility index (Phi) is 4.39. The molecule has 3 heterocycles. The molecule has 132 valence electrons. The summed E-state index contributed by atoms with van der Waals surface area (Å²) in [4.78, 5) is 19.4. The standard InChI is InChI=1S/C20H20N4O2/c1-26-16-7-2-5-14(11-16)19-17(13-22-23-19)20(25)24-10-4-8-18(24)15-6-3-9-21-12-15/h2-3,5-7,9,11-13,18H,4,8,10H2,1H3,(H,22,23)/t18-/m1/s1. The van der Waals surface area contributed by atoms with Crippen molar-refractivity contribution in [3.05, 3.63) is 66.1 Å². The molecule has 3 aromatic rings. The Morgan fingerprint density at radius 3 is 3.00 bits per heavy atom. The number of hydrogen-bond donors (Lipinski definition) is 1. The molecule has 6 heteroatoms. The first-order chi connectivity index (χ1) is 12.8. The minimum Gasteiger partial charge on any atom is -0.497 e. The number of carbonyl (C=O) groups excluding carboxylic acids is 1. The molecule has 1 aliphatic rings. The molecule has 0 spiro atoms. The number of benzene rings is 1. The molecule has 0 unspecified atom stereocenters. The van der Waals surface area contributed by atoms with Gasteiger partial charge in [-0.15, -0.1) is 0 Å². The van der Waals surface area contributed by atoms with Gasteiger partial charge in [0, 0.05) is 24.5 Å². The summed E-state index contributed by atoms with van der Waals surface area (Å²) < 4.78 is 5.29. The van der Waals surface area contributed by atoms with Crippen LogP contribution in [-0.2, 0) is 0 Å². The minimum atomic E-state index is -0.0112. The van der Waals surface area contributed by atoms with Gasteiger partial charge in [0.05, 0.1) is 30.6 Å². The van der Waals surface area contributed by atoms with Gasteiger partial charge in [-0.2, -0.15) is 5.10 Å². The Bertz CT molecular complexity index is 907. The summed E-state index contributed by atoms with van der Waals surface area (Å²) in [6.45, 7) is 0.737. The average Bonchev–Trinajstić information content (AvgIpc) is 3.38. The lowest BCUT2D eigenvalue weighted by Gasteiger charge is -2.24. The van der Waals surface area contributed by atoms with Gasteiger partial charge in [0.15, 0.2) is 0 Å². The fourth-order valence-electron chi connectivity index (χ4n) is 3.53. The fraction of sp³-hybridized carbons (Fsp3) is 0.250. The molecular formula is C20H20N4O2. The zero-order valence-corrected chi connectivity index (χ0v) is 14.6. The summed E-state index contributed by atoms with van der Waals surface area (Å²) in [7, 11) is 1.63. The highest BCUT2D eigenvalue weighted by atomic mass is 16.5. The van der Waals surface area contributed by atoms with E-state index in [1.165, 1.54) is 0 Å². The second kappa shape index (κ2) is 7.00. The lowest BCUT2D eigenvalue weighted by molar-refractivity contribution is 0.0736. The molecule has 4 rings (SSSR count). The number of hydrogen-bond acceptors (Lipinski definition) is 4. The molecule has 1 N–H and O–H groups in total. The lowest BCUT2D eigenvalue weighted by Crippen LogP contribution is -2.30. The number of carbonyl (C=O) groups is 1. The number of likely N-dealkylation sites (tertiary alicyclic amines) is 1. The predicted octanol–water partition coefficient (Wildman–Crippen LogP) is 3.46. The van der Waals surface area contributed by atoms with Crippen molar-refractivity contribution in [3.63, 3.8) is 0 Å². The van der Waals surface area contributed by atoms with Gasteiger partial charge in [0.2, 0.25) is 0 Å². The number of nitrogens with zero attached hydrogens (tertiary/aromatic N) is 3. The molecule has 26 heavy (non-hydrogen) atoms. The van der Waals surface area contributed by atoms with Crippen molar-refractivity contribution >= 4 is 5.91 Å². The van der Waals surface area contributed by atoms with Crippen LogP contribution in [0.5, 0.6) is 5.75 Å². The van der Waals surface area contributed by atoms with Crippen LogP contribution >= 0.6 is 0 Å². The number of H-pyrrole nitrogens is 1. The van der Waals surface area contributed by atoms with E-state index in [-0.39, 0.29) is 11.9 Å². The zero-order valence-electron chi connectivity index (χ0n) is 14.6. The smallest absolute Gasteiger partial charge is 0.258 e. The number of nitrogens with one attached hydrogen (secondary N) is 1. The van der Waals surface area contributed by atoms with Gasteiger partial charge in [-0.05, 0) is 36.6 Å². The number of amides is 1. The SMILES string of the molecule is COc1cccc(-c2[nH]ncc2C(=O)N2CCC[C@@H]2c2cccnc2)c1. The molecule has 1 amide bonds. The van der Waals surface area contributed by atoms with Gasteiger partial charge in [-0.25, -0.2) is 0 Å². The van der Waals surface area contributed by atoms with E-state index in [9.17, 15) is 4.79 Å². The van der Waals surface area contributed by atoms with E-state index >= 15 is 0 Å². The quantitative estimate of drug-likeness (QED) is 0.784. The Hall–Kier alpha value is -3.15. The van der Waals surface area contributed by atoms with Crippen LogP contribution in [-0.4, -0.2) is 39.6 Å².